The molecule has 0 unspecified atom stereocenters. The van der Waals surface area contributed by atoms with Gasteiger partial charge in [0.2, 0.25) is 17.7 Å². The quantitative estimate of drug-likeness (QED) is 0.115. The van der Waals surface area contributed by atoms with Gasteiger partial charge in [-0.1, -0.05) is 64.2 Å². The largest absolute Gasteiger partial charge is 0.459 e. The molecule has 500 valence electrons. The second kappa shape index (κ2) is 33.1. The molecule has 0 spiro atoms. The summed E-state index contributed by atoms with van der Waals surface area (Å²) >= 11 is 0. The van der Waals surface area contributed by atoms with Gasteiger partial charge in [0.15, 0.2) is 5.78 Å². The number of anilines is 2. The number of Topliss-reactive ketones (excluding diaryl/α,β-unsaturated/α-hetero) is 3. The summed E-state index contributed by atoms with van der Waals surface area (Å²) in [6, 6.07) is -2.24. The Bertz CT molecular complexity index is 2950. The highest BCUT2D eigenvalue weighted by atomic mass is 16.6. The number of rotatable bonds is 11. The minimum absolute atomic E-state index is 0.00294. The molecule has 3 amide bonds. The standard InChI is InChI=1S/C66H96N10O15/c1-39-16-12-11-13-17-40(2)53(87-9)32-48-21-19-44(6)66(86,91-48)59(81)61(83)76-23-15-14-18-50(76)62(84)89-54(33-51(77)41(3)29-43(5)57(79)58(80)56(78)42(4)28-39)49(67)30-45-20-22-52(55(31-45)88-10)90-65(85)73(8)38-46-34-69-63(70-35-46)74-24-26-75(27-25-74)64-71-36-47(37-72-64)60(82)68-7/h11-13,16-17,29,34-37,39,41-42,44-45,48-50,52-55,57-58,79-80,86H,14-15,18-28,30-33,38,67H2,1-10H3,(H,68,82)/b13-11+,16-12+,40-17+,43-29+/t39-,41-,42-,44-,45+,48+,49-,50+,52-,53+,54+,55-,57-,58+,66-/m1/s1. The Labute approximate surface area is 534 Å². The SMILES string of the molecule is CNC(=O)c1cnc(N2CCN(c3ncc(CN(C)C(=O)O[C@@H]4CC[C@@H](C[C@@H](N)[C@@H]5CC(=O)[C@H](C)/C=C(\C)[C@@H](O)[C@@H](O)C(=O)[C@H](C)C[C@H](C)/C=C/C=C/C=C(\C)[C@@H](OC)C[C@@H]6CC[C@@H](C)[C@@](O)(O6)C(=O)C(=O)N6CCCC[C@H]6C(=O)O5)C[C@H]4OC)cn3)CC2)nc1. The first-order valence-electron chi connectivity index (χ1n) is 32.0. The van der Waals surface area contributed by atoms with E-state index in [4.69, 9.17) is 29.4 Å². The fraction of sp³-hybridized carbons (Fsp3) is 0.652. The second-order valence-electron chi connectivity index (χ2n) is 25.5. The molecule has 6 heterocycles. The van der Waals surface area contributed by atoms with Crippen molar-refractivity contribution in [3.05, 3.63) is 83.5 Å². The zero-order valence-corrected chi connectivity index (χ0v) is 54.5. The van der Waals surface area contributed by atoms with Gasteiger partial charge in [-0.2, -0.15) is 0 Å². The number of nitrogens with zero attached hydrogens (tertiary/aromatic N) is 8. The van der Waals surface area contributed by atoms with Crippen LogP contribution in [0, 0.1) is 29.6 Å². The number of hydrogen-bond donors (Lipinski definition) is 5. The second-order valence-corrected chi connectivity index (χ2v) is 25.5. The highest BCUT2D eigenvalue weighted by molar-refractivity contribution is 6.39. The van der Waals surface area contributed by atoms with E-state index in [0.717, 1.165) is 10.5 Å². The van der Waals surface area contributed by atoms with E-state index in [9.17, 15) is 48.9 Å². The average Bonchev–Trinajstić information content (AvgIpc) is 0.985. The van der Waals surface area contributed by atoms with Gasteiger partial charge in [-0.05, 0) is 101 Å². The molecule has 2 bridgehead atoms. The van der Waals surface area contributed by atoms with Gasteiger partial charge in [-0.3, -0.25) is 24.0 Å². The number of piperidine rings is 1. The van der Waals surface area contributed by atoms with Crippen molar-refractivity contribution >= 4 is 53.1 Å². The lowest BCUT2D eigenvalue weighted by Gasteiger charge is -2.42. The van der Waals surface area contributed by atoms with Crippen molar-refractivity contribution in [2.75, 3.05) is 70.8 Å². The first kappa shape index (κ1) is 71.6. The fourth-order valence-corrected chi connectivity index (χ4v) is 12.8. The molecule has 2 aromatic rings. The Morgan fingerprint density at radius 1 is 0.802 bits per heavy atom. The van der Waals surface area contributed by atoms with Crippen molar-refractivity contribution in [2.24, 2.45) is 35.3 Å². The molecular weight excluding hydrogens is 1170 g/mol. The number of amides is 3. The van der Waals surface area contributed by atoms with E-state index in [-0.39, 0.29) is 55.7 Å². The Morgan fingerprint density at radius 2 is 1.46 bits per heavy atom. The minimum atomic E-state index is -2.50. The van der Waals surface area contributed by atoms with E-state index in [1.807, 2.05) is 54.0 Å². The van der Waals surface area contributed by atoms with Crippen LogP contribution in [-0.4, -0.2) is 208 Å². The summed E-state index contributed by atoms with van der Waals surface area (Å²) in [5.74, 6) is -8.45. The Morgan fingerprint density at radius 3 is 2.10 bits per heavy atom. The number of aromatic nitrogens is 4. The van der Waals surface area contributed by atoms with Gasteiger partial charge in [0.05, 0.1) is 30.4 Å². The average molecular weight is 1270 g/mol. The molecule has 7 rings (SSSR count). The summed E-state index contributed by atoms with van der Waals surface area (Å²) in [7, 11) is 6.24. The summed E-state index contributed by atoms with van der Waals surface area (Å²) in [6.07, 6.45) is 13.3. The van der Waals surface area contributed by atoms with Crippen LogP contribution in [0.5, 0.6) is 0 Å². The zero-order valence-electron chi connectivity index (χ0n) is 54.5. The molecule has 2 aromatic heterocycles. The summed E-state index contributed by atoms with van der Waals surface area (Å²) in [5.41, 5.74) is 9.10. The molecule has 15 atom stereocenters. The van der Waals surface area contributed by atoms with E-state index >= 15 is 0 Å². The van der Waals surface area contributed by atoms with Crippen LogP contribution >= 0.6 is 0 Å². The third kappa shape index (κ3) is 18.7. The maximum atomic E-state index is 14.7. The number of nitrogens with one attached hydrogen (secondary N) is 1. The number of carbonyl (C=O) groups is 7. The number of esters is 1. The van der Waals surface area contributed by atoms with Crippen LogP contribution in [0.3, 0.4) is 0 Å². The van der Waals surface area contributed by atoms with E-state index in [2.05, 4.69) is 25.3 Å². The van der Waals surface area contributed by atoms with Crippen molar-refractivity contribution in [2.45, 2.75) is 186 Å². The van der Waals surface area contributed by atoms with E-state index in [0.29, 0.717) is 101 Å². The lowest BCUT2D eigenvalue weighted by atomic mass is 9.80. The van der Waals surface area contributed by atoms with E-state index in [1.54, 1.807) is 54.4 Å². The maximum Gasteiger partial charge on any atom is 0.410 e. The first-order chi connectivity index (χ1) is 43.3. The van der Waals surface area contributed by atoms with Gasteiger partial charge in [0.1, 0.15) is 36.2 Å². The van der Waals surface area contributed by atoms with Gasteiger partial charge < -0.3 is 69.7 Å². The van der Waals surface area contributed by atoms with Crippen LogP contribution in [-0.2, 0) is 54.2 Å². The zero-order chi connectivity index (χ0) is 66.3. The number of hydrogen-bond acceptors (Lipinski definition) is 22. The maximum absolute atomic E-state index is 14.7. The Hall–Kier alpha value is -6.87. The van der Waals surface area contributed by atoms with Gasteiger partial charge in [0.25, 0.3) is 17.6 Å². The molecule has 25 heteroatoms. The van der Waals surface area contributed by atoms with Gasteiger partial charge in [-0.25, -0.2) is 29.5 Å². The third-order valence-corrected chi connectivity index (χ3v) is 18.6. The number of fused-ring (bicyclic) bond motifs is 3. The lowest BCUT2D eigenvalue weighted by molar-refractivity contribution is -0.265. The van der Waals surface area contributed by atoms with E-state index < -0.39 is 120 Å². The van der Waals surface area contributed by atoms with Gasteiger partial charge in [0, 0.05) is 128 Å². The normalized spacial score (nSPS) is 33.1. The van der Waals surface area contributed by atoms with Crippen molar-refractivity contribution in [1.29, 1.82) is 0 Å². The van der Waals surface area contributed by atoms with Gasteiger partial charge >= 0.3 is 12.1 Å². The summed E-state index contributed by atoms with van der Waals surface area (Å²) in [6.45, 7) is 12.9. The predicted molar refractivity (Wildman–Crippen MR) is 337 cm³/mol. The number of allylic oxidation sites excluding steroid dienone is 6. The molecule has 4 aliphatic heterocycles. The topological polar surface area (TPSA) is 329 Å². The Balaban J connectivity index is 1.03. The van der Waals surface area contributed by atoms with Crippen LogP contribution in [0.25, 0.3) is 0 Å². The number of piperazine rings is 1. The van der Waals surface area contributed by atoms with Crippen LogP contribution in [0.4, 0.5) is 16.7 Å². The highest BCUT2D eigenvalue weighted by Gasteiger charge is 2.53. The molecule has 25 nitrogen and oxygen atoms in total. The van der Waals surface area contributed by atoms with Crippen LogP contribution in [0.15, 0.2) is 72.4 Å². The molecule has 4 fully saturated rings. The number of nitrogens with two attached hydrogens (primary N) is 1. The molecule has 0 radical (unpaired) electrons. The van der Waals surface area contributed by atoms with E-state index in [1.165, 1.54) is 37.4 Å². The van der Waals surface area contributed by atoms with Crippen molar-refractivity contribution < 1.29 is 72.6 Å². The van der Waals surface area contributed by atoms with Crippen molar-refractivity contribution in [3.8, 4) is 0 Å². The van der Waals surface area contributed by atoms with Crippen molar-refractivity contribution in [3.63, 3.8) is 0 Å². The van der Waals surface area contributed by atoms with Crippen LogP contribution in [0.2, 0.25) is 0 Å². The van der Waals surface area contributed by atoms with Crippen LogP contribution in [0.1, 0.15) is 135 Å². The number of ether oxygens (including phenoxy) is 5. The summed E-state index contributed by atoms with van der Waals surface area (Å²) in [5, 5.41) is 37.1. The number of aliphatic hydroxyl groups is 3. The molecule has 6 N–H and O–H groups in total. The molecule has 0 aromatic carbocycles. The summed E-state index contributed by atoms with van der Waals surface area (Å²) in [4.78, 5) is 121. The number of aliphatic hydroxyl groups excluding tert-OH is 2. The monoisotopic (exact) mass is 1270 g/mol. The first-order valence-corrected chi connectivity index (χ1v) is 32.0. The lowest BCUT2D eigenvalue weighted by Crippen LogP contribution is -2.61. The number of carbonyl (C=O) groups excluding carboxylic acids is 7. The smallest absolute Gasteiger partial charge is 0.410 e. The van der Waals surface area contributed by atoms with Crippen molar-refractivity contribution in [1.82, 2.24) is 35.1 Å². The molecule has 3 saturated heterocycles. The molecule has 5 aliphatic rings. The third-order valence-electron chi connectivity index (χ3n) is 18.6. The van der Waals surface area contributed by atoms with Crippen LogP contribution < -0.4 is 20.9 Å². The molecule has 1 aliphatic carbocycles. The minimum Gasteiger partial charge on any atom is -0.459 e. The van der Waals surface area contributed by atoms with Gasteiger partial charge in [-0.15, -0.1) is 0 Å². The fourth-order valence-electron chi connectivity index (χ4n) is 12.8. The summed E-state index contributed by atoms with van der Waals surface area (Å²) < 4.78 is 30.2. The Kier molecular flexibility index (Phi) is 26.0. The molecule has 91 heavy (non-hydrogen) atoms. The number of ketones is 3. The molecular formula is C66H96N10O15. The number of cyclic esters (lactones) is 1. The number of methoxy groups -OCH3 is 2. The predicted octanol–water partition coefficient (Wildman–Crippen LogP) is 4.76. The molecule has 1 saturated carbocycles. The highest BCUT2D eigenvalue weighted by Crippen LogP contribution is 2.38.